The highest BCUT2D eigenvalue weighted by molar-refractivity contribution is 5.71. The maximum atomic E-state index is 11.8. The van der Waals surface area contributed by atoms with Crippen molar-refractivity contribution in [3.8, 4) is 0 Å². The molecule has 0 radical (unpaired) electrons. The first kappa shape index (κ1) is 13.3. The van der Waals surface area contributed by atoms with E-state index >= 15 is 0 Å². The summed E-state index contributed by atoms with van der Waals surface area (Å²) in [6.45, 7) is 6.27. The zero-order valence-electron chi connectivity index (χ0n) is 11.1. The molecule has 0 bridgehead atoms. The summed E-state index contributed by atoms with van der Waals surface area (Å²) < 4.78 is 5.30. The molecular weight excluding hydrogens is 248 g/mol. The zero-order chi connectivity index (χ0) is 14.2. The van der Waals surface area contributed by atoms with Crippen LogP contribution in [0, 0.1) is 10.1 Å². The van der Waals surface area contributed by atoms with Crippen LogP contribution in [-0.2, 0) is 4.74 Å². The molecule has 1 heterocycles. The lowest BCUT2D eigenvalue weighted by Crippen LogP contribution is -2.41. The summed E-state index contributed by atoms with van der Waals surface area (Å²) in [4.78, 5) is 23.6. The van der Waals surface area contributed by atoms with Gasteiger partial charge in [-0.3, -0.25) is 15.0 Å². The van der Waals surface area contributed by atoms with Crippen LogP contribution in [0.25, 0.3) is 0 Å². The number of nitro groups is 1. The Morgan fingerprint density at radius 3 is 2.32 bits per heavy atom. The van der Waals surface area contributed by atoms with Gasteiger partial charge in [0.05, 0.1) is 11.5 Å². The number of benzene rings is 1. The number of ether oxygens (including phenoxy) is 1. The minimum atomic E-state index is -0.452. The predicted molar refractivity (Wildman–Crippen MR) is 68.8 cm³/mol. The Bertz CT molecular complexity index is 504. The molecule has 1 aliphatic rings. The molecule has 1 amide bonds. The highest BCUT2D eigenvalue weighted by Gasteiger charge is 2.38. The average molecular weight is 264 g/mol. The Labute approximate surface area is 111 Å². The number of nitrogens with zero attached hydrogens (tertiary/aromatic N) is 2. The van der Waals surface area contributed by atoms with Crippen molar-refractivity contribution in [1.29, 1.82) is 0 Å². The van der Waals surface area contributed by atoms with Crippen LogP contribution in [0.15, 0.2) is 24.3 Å². The largest absolute Gasteiger partial charge is 0.439 e. The van der Waals surface area contributed by atoms with Crippen molar-refractivity contribution in [3.05, 3.63) is 39.9 Å². The first-order valence-corrected chi connectivity index (χ1v) is 6.01. The SMILES string of the molecule is CC(C)(C)N1CC(c2ccc([N+](=O)[O-])cc2)OC1=O. The molecule has 6 heteroatoms. The summed E-state index contributed by atoms with van der Waals surface area (Å²) in [6, 6.07) is 6.09. The second kappa shape index (κ2) is 4.53. The fourth-order valence-corrected chi connectivity index (χ4v) is 1.99. The molecule has 2 rings (SSSR count). The molecule has 0 aromatic heterocycles. The molecule has 6 nitrogen and oxygen atoms in total. The maximum Gasteiger partial charge on any atom is 0.411 e. The number of rotatable bonds is 2. The third-order valence-electron chi connectivity index (χ3n) is 3.10. The van der Waals surface area contributed by atoms with Crippen LogP contribution in [0.1, 0.15) is 32.4 Å². The molecule has 1 aromatic rings. The summed E-state index contributed by atoms with van der Waals surface area (Å²) in [5.74, 6) is 0. The number of nitro benzene ring substituents is 1. The number of carbonyl (C=O) groups excluding carboxylic acids is 1. The Morgan fingerprint density at radius 2 is 1.89 bits per heavy atom. The van der Waals surface area contributed by atoms with E-state index in [1.54, 1.807) is 17.0 Å². The molecule has 19 heavy (non-hydrogen) atoms. The van der Waals surface area contributed by atoms with Gasteiger partial charge < -0.3 is 4.74 Å². The van der Waals surface area contributed by atoms with E-state index in [0.717, 1.165) is 5.56 Å². The third kappa shape index (κ3) is 2.67. The molecule has 0 spiro atoms. The van der Waals surface area contributed by atoms with Gasteiger partial charge in [0.2, 0.25) is 0 Å². The summed E-state index contributed by atoms with van der Waals surface area (Å²) in [5, 5.41) is 10.6. The van der Waals surface area contributed by atoms with E-state index in [4.69, 9.17) is 4.74 Å². The van der Waals surface area contributed by atoms with E-state index in [-0.39, 0.29) is 23.4 Å². The molecule has 102 valence electrons. The zero-order valence-corrected chi connectivity index (χ0v) is 11.1. The van der Waals surface area contributed by atoms with Crippen molar-refractivity contribution in [2.75, 3.05) is 6.54 Å². The standard InChI is InChI=1S/C13H16N2O4/c1-13(2,3)14-8-11(19-12(14)16)9-4-6-10(7-5-9)15(17)18/h4-7,11H,8H2,1-3H3. The maximum absolute atomic E-state index is 11.8. The first-order valence-electron chi connectivity index (χ1n) is 6.01. The van der Waals surface area contributed by atoms with Gasteiger partial charge in [0.1, 0.15) is 6.10 Å². The fraction of sp³-hybridized carbons (Fsp3) is 0.462. The second-order valence-electron chi connectivity index (χ2n) is 5.50. The molecule has 1 saturated heterocycles. The Kier molecular flexibility index (Phi) is 3.18. The van der Waals surface area contributed by atoms with Crippen LogP contribution in [0.5, 0.6) is 0 Å². The van der Waals surface area contributed by atoms with Gasteiger partial charge in [0.15, 0.2) is 0 Å². The first-order chi connectivity index (χ1) is 8.79. The van der Waals surface area contributed by atoms with Gasteiger partial charge in [-0.05, 0) is 38.5 Å². The summed E-state index contributed by atoms with van der Waals surface area (Å²) in [5.41, 5.74) is 0.499. The van der Waals surface area contributed by atoms with Crippen LogP contribution >= 0.6 is 0 Å². The predicted octanol–water partition coefficient (Wildman–Crippen LogP) is 2.89. The summed E-state index contributed by atoms with van der Waals surface area (Å²) >= 11 is 0. The van der Waals surface area contributed by atoms with Gasteiger partial charge in [-0.25, -0.2) is 4.79 Å². The van der Waals surface area contributed by atoms with E-state index in [9.17, 15) is 14.9 Å². The van der Waals surface area contributed by atoms with Crippen LogP contribution in [-0.4, -0.2) is 28.0 Å². The second-order valence-corrected chi connectivity index (χ2v) is 5.50. The summed E-state index contributed by atoms with van der Waals surface area (Å²) in [6.07, 6.45) is -0.719. The van der Waals surface area contributed by atoms with E-state index in [1.807, 2.05) is 20.8 Å². The number of amides is 1. The lowest BCUT2D eigenvalue weighted by Gasteiger charge is -2.29. The fourth-order valence-electron chi connectivity index (χ4n) is 1.99. The van der Waals surface area contributed by atoms with Crippen molar-refractivity contribution in [2.24, 2.45) is 0 Å². The van der Waals surface area contributed by atoms with E-state index in [0.29, 0.717) is 6.54 Å². The van der Waals surface area contributed by atoms with Crippen molar-refractivity contribution in [2.45, 2.75) is 32.4 Å². The van der Waals surface area contributed by atoms with Gasteiger partial charge >= 0.3 is 6.09 Å². The number of cyclic esters (lactones) is 1. The number of hydrogen-bond donors (Lipinski definition) is 0. The molecule has 0 aliphatic carbocycles. The Morgan fingerprint density at radius 1 is 1.32 bits per heavy atom. The topological polar surface area (TPSA) is 72.7 Å². The van der Waals surface area contributed by atoms with Crippen LogP contribution < -0.4 is 0 Å². The van der Waals surface area contributed by atoms with Gasteiger partial charge in [-0.2, -0.15) is 0 Å². The minimum Gasteiger partial charge on any atom is -0.439 e. The molecule has 1 aromatic carbocycles. The average Bonchev–Trinajstić information content (AvgIpc) is 2.71. The summed E-state index contributed by atoms with van der Waals surface area (Å²) in [7, 11) is 0. The lowest BCUT2D eigenvalue weighted by atomic mass is 10.0. The third-order valence-corrected chi connectivity index (χ3v) is 3.10. The molecule has 0 N–H and O–H groups in total. The van der Waals surface area contributed by atoms with E-state index in [2.05, 4.69) is 0 Å². The van der Waals surface area contributed by atoms with Gasteiger partial charge in [0, 0.05) is 17.7 Å². The Balaban J connectivity index is 2.16. The van der Waals surface area contributed by atoms with Crippen LogP contribution in [0.4, 0.5) is 10.5 Å². The molecular formula is C13H16N2O4. The van der Waals surface area contributed by atoms with E-state index < -0.39 is 4.92 Å². The quantitative estimate of drug-likeness (QED) is 0.608. The van der Waals surface area contributed by atoms with Crippen molar-refractivity contribution in [3.63, 3.8) is 0 Å². The number of carbonyl (C=O) groups is 1. The highest BCUT2D eigenvalue weighted by atomic mass is 16.6. The van der Waals surface area contributed by atoms with E-state index in [1.165, 1.54) is 12.1 Å². The normalized spacial score (nSPS) is 19.4. The van der Waals surface area contributed by atoms with Crippen LogP contribution in [0.3, 0.4) is 0 Å². The van der Waals surface area contributed by atoms with Crippen molar-refractivity contribution in [1.82, 2.24) is 4.90 Å². The molecule has 1 atom stereocenters. The highest BCUT2D eigenvalue weighted by Crippen LogP contribution is 2.31. The molecule has 1 aliphatic heterocycles. The molecule has 1 unspecified atom stereocenters. The molecule has 0 saturated carbocycles. The van der Waals surface area contributed by atoms with Crippen molar-refractivity contribution >= 4 is 11.8 Å². The van der Waals surface area contributed by atoms with Crippen molar-refractivity contribution < 1.29 is 14.5 Å². The number of hydrogen-bond acceptors (Lipinski definition) is 4. The van der Waals surface area contributed by atoms with Gasteiger partial charge in [0.25, 0.3) is 5.69 Å². The smallest absolute Gasteiger partial charge is 0.411 e. The molecule has 1 fully saturated rings. The lowest BCUT2D eigenvalue weighted by molar-refractivity contribution is -0.384. The number of non-ortho nitro benzene ring substituents is 1. The van der Waals surface area contributed by atoms with Crippen LogP contribution in [0.2, 0.25) is 0 Å². The minimum absolute atomic E-state index is 0.0285. The van der Waals surface area contributed by atoms with Gasteiger partial charge in [-0.1, -0.05) is 0 Å². The van der Waals surface area contributed by atoms with Gasteiger partial charge in [-0.15, -0.1) is 0 Å². The monoisotopic (exact) mass is 264 g/mol. The Hall–Kier alpha value is -2.11.